The first-order chi connectivity index (χ1) is 25.0. The Balaban J connectivity index is 1.37. The Kier molecular flexibility index (Phi) is 12.9. The van der Waals surface area contributed by atoms with Gasteiger partial charge in [0.2, 0.25) is 5.91 Å². The predicted molar refractivity (Wildman–Crippen MR) is 192 cm³/mol. The summed E-state index contributed by atoms with van der Waals surface area (Å²) in [6, 6.07) is 41.2. The van der Waals surface area contributed by atoms with Crippen LogP contribution in [0.15, 0.2) is 138 Å². The average molecular weight is 690 g/mol. The lowest BCUT2D eigenvalue weighted by Crippen LogP contribution is -2.48. The minimum Gasteiger partial charge on any atom is -0.374 e. The fourth-order valence-corrected chi connectivity index (χ4v) is 6.03. The molecule has 264 valence electrons. The molecule has 5 aromatic rings. The van der Waals surface area contributed by atoms with Crippen molar-refractivity contribution < 1.29 is 28.5 Å². The zero-order valence-electron chi connectivity index (χ0n) is 28.6. The summed E-state index contributed by atoms with van der Waals surface area (Å²) in [6.07, 6.45) is -1.57. The number of hydrogen-bond acceptors (Lipinski definition) is 8. The van der Waals surface area contributed by atoms with Crippen molar-refractivity contribution in [1.82, 2.24) is 9.55 Å². The van der Waals surface area contributed by atoms with Crippen LogP contribution in [0.5, 0.6) is 0 Å². The number of amides is 1. The molecule has 0 spiro atoms. The lowest BCUT2D eigenvalue weighted by atomic mass is 10.0. The second-order valence-corrected chi connectivity index (χ2v) is 12.4. The van der Waals surface area contributed by atoms with Crippen molar-refractivity contribution >= 4 is 11.7 Å². The number of nitrogens with one attached hydrogen (secondary N) is 1. The summed E-state index contributed by atoms with van der Waals surface area (Å²) in [5.41, 5.74) is 3.40. The van der Waals surface area contributed by atoms with Gasteiger partial charge in [0.1, 0.15) is 30.4 Å². The molecule has 6 rings (SSSR count). The van der Waals surface area contributed by atoms with Gasteiger partial charge in [0.25, 0.3) is 0 Å². The van der Waals surface area contributed by atoms with Crippen molar-refractivity contribution in [2.45, 2.75) is 70.4 Å². The minimum atomic E-state index is -0.823. The standard InChI is InChI=1S/C41H43N3O7/c1-30(45)42-37-22-23-44(41(46)43-37)38-24-35(48-26-32-16-8-3-9-17-32)39(49-27-33-18-10-4-11-19-33)40(50-28-34-20-12-5-13-21-34)36(51-38)29-47-25-31-14-6-2-7-15-31/h2-23,35-36,38-40H,24-29H2,1H3,(H,42,43,45,46)/t35-,36+,38+,39+,40+/m0/s1. The molecular formula is C41H43N3O7. The largest absolute Gasteiger partial charge is 0.374 e. The van der Waals surface area contributed by atoms with Gasteiger partial charge < -0.3 is 29.0 Å². The quantitative estimate of drug-likeness (QED) is 0.133. The van der Waals surface area contributed by atoms with Gasteiger partial charge in [-0.3, -0.25) is 9.36 Å². The highest BCUT2D eigenvalue weighted by Gasteiger charge is 2.44. The van der Waals surface area contributed by atoms with E-state index in [1.54, 1.807) is 12.3 Å². The van der Waals surface area contributed by atoms with Crippen LogP contribution in [0.4, 0.5) is 5.82 Å². The Morgan fingerprint density at radius 3 is 1.71 bits per heavy atom. The van der Waals surface area contributed by atoms with Gasteiger partial charge in [-0.1, -0.05) is 121 Å². The second-order valence-electron chi connectivity index (χ2n) is 12.4. The number of ether oxygens (including phenoxy) is 5. The molecule has 1 aliphatic rings. The van der Waals surface area contributed by atoms with Crippen LogP contribution in [0.25, 0.3) is 0 Å². The molecule has 0 radical (unpaired) electrons. The molecule has 5 atom stereocenters. The van der Waals surface area contributed by atoms with Crippen molar-refractivity contribution in [2.24, 2.45) is 0 Å². The number of hydrogen-bond donors (Lipinski definition) is 1. The van der Waals surface area contributed by atoms with Crippen LogP contribution in [0.1, 0.15) is 41.8 Å². The number of carbonyl (C=O) groups is 1. The van der Waals surface area contributed by atoms with Gasteiger partial charge in [-0.05, 0) is 28.3 Å². The first-order valence-electron chi connectivity index (χ1n) is 17.1. The van der Waals surface area contributed by atoms with Crippen molar-refractivity contribution in [2.75, 3.05) is 11.9 Å². The SMILES string of the molecule is CC(=O)Nc1ccn([C@H]2C[C@H](OCc3ccccc3)[C@@H](OCc3ccccc3)[C@H](OCc3ccccc3)[C@@H](COCc3ccccc3)O2)c(=O)n1. The molecule has 2 heterocycles. The van der Waals surface area contributed by atoms with Gasteiger partial charge in [-0.25, -0.2) is 4.79 Å². The van der Waals surface area contributed by atoms with Crippen LogP contribution in [-0.2, 0) is 54.9 Å². The normalized spacial score (nSPS) is 20.4. The molecule has 10 nitrogen and oxygen atoms in total. The zero-order chi connectivity index (χ0) is 35.3. The maximum Gasteiger partial charge on any atom is 0.351 e. The van der Waals surface area contributed by atoms with Crippen molar-refractivity contribution in [1.29, 1.82) is 0 Å². The molecule has 4 aromatic carbocycles. The molecule has 1 aromatic heterocycles. The van der Waals surface area contributed by atoms with Gasteiger partial charge in [-0.15, -0.1) is 0 Å². The number of benzene rings is 4. The van der Waals surface area contributed by atoms with Crippen molar-refractivity contribution in [3.63, 3.8) is 0 Å². The highest BCUT2D eigenvalue weighted by molar-refractivity contribution is 5.87. The molecule has 1 amide bonds. The molecule has 1 saturated heterocycles. The van der Waals surface area contributed by atoms with E-state index in [-0.39, 0.29) is 31.4 Å². The third kappa shape index (κ3) is 10.5. The van der Waals surface area contributed by atoms with E-state index in [1.165, 1.54) is 11.5 Å². The van der Waals surface area contributed by atoms with E-state index in [1.807, 2.05) is 121 Å². The number of nitrogens with zero attached hydrogens (tertiary/aromatic N) is 2. The third-order valence-corrected chi connectivity index (χ3v) is 8.54. The maximum absolute atomic E-state index is 13.5. The molecule has 0 aliphatic carbocycles. The van der Waals surface area contributed by atoms with Crippen molar-refractivity contribution in [3.05, 3.63) is 166 Å². The van der Waals surface area contributed by atoms with Crippen LogP contribution in [0, 0.1) is 0 Å². The van der Waals surface area contributed by atoms with E-state index >= 15 is 0 Å². The van der Waals surface area contributed by atoms with E-state index in [2.05, 4.69) is 10.3 Å². The monoisotopic (exact) mass is 689 g/mol. The summed E-state index contributed by atoms with van der Waals surface area (Å²) >= 11 is 0. The van der Waals surface area contributed by atoms with Crippen LogP contribution < -0.4 is 11.0 Å². The molecular weight excluding hydrogens is 646 g/mol. The highest BCUT2D eigenvalue weighted by Crippen LogP contribution is 2.33. The second kappa shape index (κ2) is 18.3. The molecule has 1 fully saturated rings. The van der Waals surface area contributed by atoms with Gasteiger partial charge in [0.05, 0.1) is 39.1 Å². The molecule has 0 unspecified atom stereocenters. The Labute approximate surface area is 297 Å². The first-order valence-corrected chi connectivity index (χ1v) is 17.1. The van der Waals surface area contributed by atoms with Crippen LogP contribution >= 0.6 is 0 Å². The topological polar surface area (TPSA) is 110 Å². The smallest absolute Gasteiger partial charge is 0.351 e. The summed E-state index contributed by atoms with van der Waals surface area (Å²) in [6.45, 7) is 2.76. The van der Waals surface area contributed by atoms with Crippen LogP contribution in [-0.4, -0.2) is 46.5 Å². The Hall–Kier alpha value is -4.97. The Morgan fingerprint density at radius 2 is 1.20 bits per heavy atom. The van der Waals surface area contributed by atoms with Crippen LogP contribution in [0.3, 0.4) is 0 Å². The van der Waals surface area contributed by atoms with E-state index in [4.69, 9.17) is 23.7 Å². The molecule has 1 N–H and O–H groups in total. The van der Waals surface area contributed by atoms with Gasteiger partial charge >= 0.3 is 5.69 Å². The van der Waals surface area contributed by atoms with Gasteiger partial charge in [0, 0.05) is 19.5 Å². The molecule has 0 bridgehead atoms. The third-order valence-electron chi connectivity index (χ3n) is 8.54. The predicted octanol–water partition coefficient (Wildman–Crippen LogP) is 6.46. The van der Waals surface area contributed by atoms with Crippen LogP contribution in [0.2, 0.25) is 0 Å². The molecule has 0 saturated carbocycles. The van der Waals surface area contributed by atoms with E-state index < -0.39 is 36.3 Å². The van der Waals surface area contributed by atoms with E-state index in [0.29, 0.717) is 19.8 Å². The Bertz CT molecular complexity index is 1840. The number of aromatic nitrogens is 2. The summed E-state index contributed by atoms with van der Waals surface area (Å²) in [4.78, 5) is 29.3. The molecule has 10 heteroatoms. The first kappa shape index (κ1) is 35.8. The number of carbonyl (C=O) groups excluding carboxylic acids is 1. The van der Waals surface area contributed by atoms with Crippen molar-refractivity contribution in [3.8, 4) is 0 Å². The summed E-state index contributed by atoms with van der Waals surface area (Å²) in [5.74, 6) is -0.169. The number of rotatable bonds is 15. The number of anilines is 1. The summed E-state index contributed by atoms with van der Waals surface area (Å²) in [5, 5.41) is 2.58. The zero-order valence-corrected chi connectivity index (χ0v) is 28.6. The Morgan fingerprint density at radius 1 is 0.706 bits per heavy atom. The van der Waals surface area contributed by atoms with Gasteiger partial charge in [0.15, 0.2) is 0 Å². The summed E-state index contributed by atoms with van der Waals surface area (Å²) in [7, 11) is 0. The summed E-state index contributed by atoms with van der Waals surface area (Å²) < 4.78 is 34.8. The lowest BCUT2D eigenvalue weighted by molar-refractivity contribution is -0.185. The van der Waals surface area contributed by atoms with E-state index in [0.717, 1.165) is 22.3 Å². The fraction of sp³-hybridized carbons (Fsp3) is 0.293. The molecule has 51 heavy (non-hydrogen) atoms. The maximum atomic E-state index is 13.5. The average Bonchev–Trinajstić information content (AvgIpc) is 3.29. The van der Waals surface area contributed by atoms with E-state index in [9.17, 15) is 9.59 Å². The molecule has 1 aliphatic heterocycles. The van der Waals surface area contributed by atoms with Gasteiger partial charge in [-0.2, -0.15) is 4.98 Å². The fourth-order valence-electron chi connectivity index (χ4n) is 6.03. The highest BCUT2D eigenvalue weighted by atomic mass is 16.6. The lowest BCUT2D eigenvalue weighted by Gasteiger charge is -2.34. The minimum absolute atomic E-state index is 0.146.